The van der Waals surface area contributed by atoms with Gasteiger partial charge >= 0.3 is 36.9 Å². The molecule has 4 aliphatic heterocycles. The number of thiol groups is 1. The van der Waals surface area contributed by atoms with Gasteiger partial charge in [-0.2, -0.15) is 0 Å². The predicted octanol–water partition coefficient (Wildman–Crippen LogP) is 22.8. The Balaban J connectivity index is 0.000000149. The molecular formula is C90H112BBrCl8N17O5S. The van der Waals surface area contributed by atoms with Crippen LogP contribution in [0.3, 0.4) is 0 Å². The Morgan fingerprint density at radius 3 is 1.15 bits per heavy atom. The van der Waals surface area contributed by atoms with Crippen molar-refractivity contribution < 1.29 is 19.1 Å². The van der Waals surface area contributed by atoms with E-state index in [4.69, 9.17) is 134 Å². The molecule has 2 amide bonds. The van der Waals surface area contributed by atoms with Gasteiger partial charge in [-0.15, -0.1) is 0 Å². The van der Waals surface area contributed by atoms with Crippen molar-refractivity contribution in [3.8, 4) is 45.0 Å². The number of carbonyl (C=O) groups excluding carboxylic acids is 2. The molecule has 0 unspecified atom stereocenters. The number of rotatable bonds is 10. The van der Waals surface area contributed by atoms with Crippen molar-refractivity contribution in [3.63, 3.8) is 0 Å². The van der Waals surface area contributed by atoms with Crippen LogP contribution in [0, 0.1) is 49.4 Å². The molecule has 123 heavy (non-hydrogen) atoms. The van der Waals surface area contributed by atoms with Gasteiger partial charge in [-0.25, -0.2) is 34.5 Å². The molecule has 4 spiro atoms. The third-order valence-electron chi connectivity index (χ3n) is 26.2. The quantitative estimate of drug-likeness (QED) is 0.0548. The molecule has 16 rings (SSSR count). The number of nitrogens with one attached hydrogen (secondary N) is 3. The van der Waals surface area contributed by atoms with E-state index in [1.165, 1.54) is 32.1 Å². The summed E-state index contributed by atoms with van der Waals surface area (Å²) in [5.74, 6) is 3.13. The van der Waals surface area contributed by atoms with Crippen LogP contribution in [0.15, 0.2) is 98.9 Å². The van der Waals surface area contributed by atoms with Crippen LogP contribution in [0.25, 0.3) is 45.0 Å². The molecule has 8 aliphatic rings. The summed E-state index contributed by atoms with van der Waals surface area (Å²) >= 11 is 57.0. The van der Waals surface area contributed by atoms with E-state index >= 15 is 0 Å². The van der Waals surface area contributed by atoms with E-state index < -0.39 is 11.2 Å². The Morgan fingerprint density at radius 1 is 0.472 bits per heavy atom. The maximum absolute atomic E-state index is 12.8. The molecule has 4 aromatic heterocycles. The molecule has 4 saturated carbocycles. The first kappa shape index (κ1) is 95.8. The Morgan fingerprint density at radius 2 is 0.789 bits per heavy atom. The number of aromatic nitrogens is 8. The second-order valence-corrected chi connectivity index (χ2v) is 40.2. The molecule has 8 heterocycles. The van der Waals surface area contributed by atoms with Crippen LogP contribution in [0.1, 0.15) is 193 Å². The van der Waals surface area contributed by atoms with Crippen LogP contribution in [0.5, 0.6) is 0 Å². The van der Waals surface area contributed by atoms with Crippen LogP contribution in [-0.2, 0) is 9.47 Å². The molecular weight excluding hydrogens is 1810 g/mol. The Labute approximate surface area is 778 Å². The molecule has 659 valence electrons. The number of halogens is 9. The molecule has 4 saturated heterocycles. The number of alkyl carbamates (subject to hydrolysis) is 2. The van der Waals surface area contributed by atoms with Crippen molar-refractivity contribution >= 4 is 165 Å². The number of H-pyrrole nitrogens is 1. The zero-order valence-electron chi connectivity index (χ0n) is 71.7. The van der Waals surface area contributed by atoms with Gasteiger partial charge in [0.1, 0.15) is 27.4 Å². The molecule has 0 bridgehead atoms. The summed E-state index contributed by atoms with van der Waals surface area (Å²) in [7, 11) is 4.34. The monoisotopic (exact) mass is 1910 g/mol. The first-order chi connectivity index (χ1) is 58.4. The number of carbonyl (C=O) groups is 2. The minimum atomic E-state index is -0.497. The van der Waals surface area contributed by atoms with E-state index in [9.17, 15) is 14.4 Å². The summed E-state index contributed by atoms with van der Waals surface area (Å²) in [5.41, 5.74) is 21.6. The second-order valence-electron chi connectivity index (χ2n) is 36.0. The molecule has 8 aromatic rings. The number of ether oxygens (including phenoxy) is 2. The SMILES string of the molecule is Cc1nc(N2CCC3(CCC[C@H]3N)CC2)c(=O)[nH]c1-c1cccc(Cl)c1Cl.Cc1nc(N2CCC3(CCC[C@H]3N)CC2)cnc1-c1cccc(Cl)c1Cl.Cc1nc(N2CCC3(CCC[C@H]3NC(=O)OC(C)(C)C)CC2)c(Br)nc1-c1cccc(Cl)c1Cl.Cc1nc(N2CCC3(CCC[C@H]3NC(=O)OC(C)(C)C)CC2)cnc1-c1cccc(Cl)c1Cl.[B]=NS. The van der Waals surface area contributed by atoms with Crippen LogP contribution >= 0.6 is 122 Å². The summed E-state index contributed by atoms with van der Waals surface area (Å²) in [4.78, 5) is 82.8. The zero-order chi connectivity index (χ0) is 88.7. The van der Waals surface area contributed by atoms with E-state index in [0.29, 0.717) is 85.1 Å². The second kappa shape index (κ2) is 41.0. The fraction of sp³-hybridized carbons (Fsp3) is 0.533. The number of hydrogen-bond donors (Lipinski definition) is 6. The van der Waals surface area contributed by atoms with Gasteiger partial charge in [-0.3, -0.25) is 14.8 Å². The number of nitrogens with zero attached hydrogens (tertiary/aromatic N) is 12. The normalized spacial score (nSPS) is 20.5. The molecule has 33 heteroatoms. The predicted molar refractivity (Wildman–Crippen MR) is 510 cm³/mol. The number of nitrogens with two attached hydrogens (primary N) is 2. The first-order valence-electron chi connectivity index (χ1n) is 42.5. The van der Waals surface area contributed by atoms with E-state index in [0.717, 1.165) is 217 Å². The van der Waals surface area contributed by atoms with Gasteiger partial charge in [-0.1, -0.05) is 167 Å². The number of piperidine rings is 4. The topological polar surface area (TPSA) is 277 Å². The van der Waals surface area contributed by atoms with Gasteiger partial charge in [0.15, 0.2) is 11.6 Å². The molecule has 4 aliphatic carbocycles. The number of anilines is 4. The number of aryl methyl sites for hydroxylation is 4. The summed E-state index contributed by atoms with van der Waals surface area (Å²) in [6, 6.07) is 23.0. The molecule has 8 fully saturated rings. The Bertz CT molecular complexity index is 5170. The number of hydrogen-bond acceptors (Lipinski definition) is 20. The number of benzene rings is 4. The van der Waals surface area contributed by atoms with Crippen LogP contribution < -0.4 is 47.3 Å². The van der Waals surface area contributed by atoms with Crippen molar-refractivity contribution in [2.45, 2.75) is 233 Å². The fourth-order valence-electron chi connectivity index (χ4n) is 19.6. The minimum absolute atomic E-state index is 0.108. The van der Waals surface area contributed by atoms with E-state index in [-0.39, 0.29) is 46.1 Å². The molecule has 1 radical (unpaired) electrons. The summed E-state index contributed by atoms with van der Waals surface area (Å²) in [5, 5.41) is 10.2. The van der Waals surface area contributed by atoms with Crippen molar-refractivity contribution in [3.05, 3.63) is 163 Å². The van der Waals surface area contributed by atoms with Gasteiger partial charge in [0, 0.05) is 98.8 Å². The number of amides is 2. The Kier molecular flexibility index (Phi) is 31.9. The summed E-state index contributed by atoms with van der Waals surface area (Å²) in [6.45, 7) is 26.2. The van der Waals surface area contributed by atoms with E-state index in [2.05, 4.69) is 90.9 Å². The van der Waals surface area contributed by atoms with Crippen LogP contribution in [0.4, 0.5) is 32.9 Å². The average Bonchev–Trinajstić information content (AvgIpc) is 1.73. The zero-order valence-corrected chi connectivity index (χ0v) is 80.2. The molecule has 22 nitrogen and oxygen atoms in total. The average molecular weight is 1920 g/mol. The third kappa shape index (κ3) is 22.5. The van der Waals surface area contributed by atoms with Gasteiger partial charge in [0.25, 0.3) is 5.56 Å². The number of aromatic amines is 1. The first-order valence-corrected chi connectivity index (χ1v) is 46.8. The molecule has 4 atom stereocenters. The summed E-state index contributed by atoms with van der Waals surface area (Å²) in [6.07, 6.45) is 25.2. The standard InChI is InChI=1S/C25H31BrCl2N4O2.C25H32Cl2N4O2.C20H24Cl2N4O.C20H24Cl2N4.BHNS/c1-15-20(16-7-5-8-17(27)19(16)28)31-21(26)22(29-15)32-13-11-25(12-14-32)10-6-9-18(25)30-23(33)34-24(2,3)4;1-16-22(17-7-5-8-18(26)21(17)27)28-15-20(29-16)31-13-11-25(12-14-31)10-6-9-19(25)30-23(32)33-24(2,3)4;1-12-17(13-4-2-5-14(21)16(13)22)25-19(27)18(24-12)26-10-8-20(9-11-26)7-3-6-15(20)23;1-13-19(14-4-2-5-15(21)18(14)22)24-12-17(25-13)26-10-8-20(9-11-26)7-3-6-16(20)23;1-2-3/h5,7-8,18H,6,9-14H2,1-4H3,(H,30,33);5,7-8,15,19H,6,9-14H2,1-4H3,(H,30,32);2,4-5,15H,3,6-11,23H2,1H3,(H,25,27);2,4-5,12,16H,3,6-11,23H2,1H3;3H/t18-;19-;15-;16-;/m1111./s1. The van der Waals surface area contributed by atoms with E-state index in [1.54, 1.807) is 24.3 Å². The van der Waals surface area contributed by atoms with Crippen LogP contribution in [-0.4, -0.2) is 147 Å². The van der Waals surface area contributed by atoms with Crippen molar-refractivity contribution in [1.82, 2.24) is 50.5 Å². The van der Waals surface area contributed by atoms with Gasteiger partial charge in [0.05, 0.1) is 98.1 Å². The third-order valence-corrected chi connectivity index (χ3v) is 30.0. The molecule has 4 aromatic carbocycles. The maximum atomic E-state index is 12.8. The van der Waals surface area contributed by atoms with E-state index in [1.807, 2.05) is 130 Å². The summed E-state index contributed by atoms with van der Waals surface area (Å²) < 4.78 is 14.4. The van der Waals surface area contributed by atoms with Gasteiger partial charge < -0.3 is 56.2 Å². The Hall–Kier alpha value is -6.33. The fourth-order valence-corrected chi connectivity index (χ4v) is 21.6. The van der Waals surface area contributed by atoms with Crippen molar-refractivity contribution in [2.75, 3.05) is 72.0 Å². The van der Waals surface area contributed by atoms with Crippen LogP contribution in [0.2, 0.25) is 40.2 Å². The van der Waals surface area contributed by atoms with Crippen molar-refractivity contribution in [2.24, 2.45) is 37.4 Å². The van der Waals surface area contributed by atoms with Gasteiger partial charge in [-0.05, 0) is 234 Å². The van der Waals surface area contributed by atoms with Crippen molar-refractivity contribution in [1.29, 1.82) is 0 Å². The molecule has 7 N–H and O–H groups in total. The van der Waals surface area contributed by atoms with Gasteiger partial charge in [0.2, 0.25) is 0 Å².